The Morgan fingerprint density at radius 3 is 2.77 bits per heavy atom. The highest BCUT2D eigenvalue weighted by molar-refractivity contribution is 5.75. The maximum absolute atomic E-state index is 12.4. The highest BCUT2D eigenvalue weighted by atomic mass is 16.5. The Hall–Kier alpha value is -2.48. The molecule has 1 aromatic rings. The number of urea groups is 1. The van der Waals surface area contributed by atoms with Gasteiger partial charge in [-0.15, -0.1) is 0 Å². The van der Waals surface area contributed by atoms with E-state index in [1.54, 1.807) is 23.1 Å². The van der Waals surface area contributed by atoms with Crippen molar-refractivity contribution in [2.75, 3.05) is 26.8 Å². The third-order valence-corrected chi connectivity index (χ3v) is 4.08. The van der Waals surface area contributed by atoms with Gasteiger partial charge in [-0.05, 0) is 38.0 Å². The Kier molecular flexibility index (Phi) is 7.08. The average molecular weight is 365 g/mol. The first-order valence-electron chi connectivity index (χ1n) is 8.65. The van der Waals surface area contributed by atoms with Crippen LogP contribution in [0.4, 0.5) is 4.79 Å². The minimum absolute atomic E-state index is 0.0139. The first-order valence-corrected chi connectivity index (χ1v) is 8.65. The van der Waals surface area contributed by atoms with Crippen LogP contribution >= 0.6 is 0 Å². The van der Waals surface area contributed by atoms with Crippen molar-refractivity contribution in [3.8, 4) is 11.5 Å². The molecule has 8 nitrogen and oxygen atoms in total. The zero-order chi connectivity index (χ0) is 19.1. The van der Waals surface area contributed by atoms with Crippen LogP contribution in [0, 0.1) is 0 Å². The van der Waals surface area contributed by atoms with Gasteiger partial charge in [0.1, 0.15) is 0 Å². The van der Waals surface area contributed by atoms with E-state index < -0.39 is 5.91 Å². The van der Waals surface area contributed by atoms with Gasteiger partial charge in [0.15, 0.2) is 18.1 Å². The molecule has 0 unspecified atom stereocenters. The Bertz CT molecular complexity index is 637. The molecule has 0 saturated carbocycles. The molecule has 0 aromatic heterocycles. The molecular weight excluding hydrogens is 338 g/mol. The lowest BCUT2D eigenvalue weighted by atomic mass is 10.2. The fourth-order valence-corrected chi connectivity index (χ4v) is 2.81. The second kappa shape index (κ2) is 9.28. The molecule has 3 amide bonds. The maximum atomic E-state index is 12.4. The van der Waals surface area contributed by atoms with E-state index in [-0.39, 0.29) is 24.8 Å². The van der Waals surface area contributed by atoms with Crippen molar-refractivity contribution in [3.63, 3.8) is 0 Å². The van der Waals surface area contributed by atoms with E-state index in [1.807, 2.05) is 13.8 Å². The molecule has 0 bridgehead atoms. The summed E-state index contributed by atoms with van der Waals surface area (Å²) < 4.78 is 16.3. The lowest BCUT2D eigenvalue weighted by Crippen LogP contribution is -2.42. The lowest BCUT2D eigenvalue weighted by molar-refractivity contribution is -0.119. The minimum atomic E-state index is -0.562. The van der Waals surface area contributed by atoms with Crippen molar-refractivity contribution in [3.05, 3.63) is 23.8 Å². The maximum Gasteiger partial charge on any atom is 0.317 e. The molecule has 2 rings (SSSR count). The van der Waals surface area contributed by atoms with E-state index >= 15 is 0 Å². The summed E-state index contributed by atoms with van der Waals surface area (Å²) in [6.07, 6.45) is 0.984. The average Bonchev–Trinajstić information content (AvgIpc) is 2.78. The number of benzene rings is 1. The predicted molar refractivity (Wildman–Crippen MR) is 96.1 cm³/mol. The summed E-state index contributed by atoms with van der Waals surface area (Å²) in [7, 11) is 1.51. The molecule has 8 heteroatoms. The van der Waals surface area contributed by atoms with Crippen LogP contribution in [0.2, 0.25) is 0 Å². The summed E-state index contributed by atoms with van der Waals surface area (Å²) in [5.41, 5.74) is 5.93. The van der Waals surface area contributed by atoms with Gasteiger partial charge in [0.2, 0.25) is 0 Å². The predicted octanol–water partition coefficient (Wildman–Crippen LogP) is 1.27. The highest BCUT2D eigenvalue weighted by Crippen LogP contribution is 2.28. The smallest absolute Gasteiger partial charge is 0.317 e. The van der Waals surface area contributed by atoms with Gasteiger partial charge >= 0.3 is 6.03 Å². The largest absolute Gasteiger partial charge is 0.493 e. The molecular formula is C18H27N3O5. The summed E-state index contributed by atoms with van der Waals surface area (Å²) in [6.45, 7) is 5.36. The molecule has 2 atom stereocenters. The first-order chi connectivity index (χ1) is 12.4. The lowest BCUT2D eigenvalue weighted by Gasteiger charge is -2.22. The van der Waals surface area contributed by atoms with E-state index in [0.29, 0.717) is 31.1 Å². The van der Waals surface area contributed by atoms with Gasteiger partial charge in [-0.2, -0.15) is 0 Å². The number of amides is 3. The molecule has 1 aliphatic rings. The van der Waals surface area contributed by atoms with Gasteiger partial charge in [0, 0.05) is 19.6 Å². The summed E-state index contributed by atoms with van der Waals surface area (Å²) in [4.78, 5) is 25.0. The first kappa shape index (κ1) is 19.8. The zero-order valence-corrected chi connectivity index (χ0v) is 15.5. The van der Waals surface area contributed by atoms with Crippen molar-refractivity contribution >= 4 is 11.9 Å². The van der Waals surface area contributed by atoms with Gasteiger partial charge in [-0.25, -0.2) is 4.79 Å². The molecule has 0 spiro atoms. The minimum Gasteiger partial charge on any atom is -0.493 e. The van der Waals surface area contributed by atoms with Crippen LogP contribution in [0.1, 0.15) is 25.8 Å². The quantitative estimate of drug-likeness (QED) is 0.790. The van der Waals surface area contributed by atoms with Crippen molar-refractivity contribution in [1.82, 2.24) is 10.2 Å². The van der Waals surface area contributed by atoms with Crippen LogP contribution in [0.5, 0.6) is 11.5 Å². The van der Waals surface area contributed by atoms with E-state index in [2.05, 4.69) is 5.32 Å². The number of nitrogens with zero attached hydrogens (tertiary/aromatic N) is 1. The van der Waals surface area contributed by atoms with Gasteiger partial charge in [-0.1, -0.05) is 6.07 Å². The number of carbonyl (C=O) groups is 2. The SMILES string of the molecule is COc1cc(CNC(=O)N2CC[C@@H](C)O[C@@H](C)C2)ccc1OCC(N)=O. The molecule has 144 valence electrons. The van der Waals surface area contributed by atoms with Crippen LogP contribution in [0.25, 0.3) is 0 Å². The van der Waals surface area contributed by atoms with Crippen LogP contribution in [0.3, 0.4) is 0 Å². The molecule has 0 aliphatic carbocycles. The molecule has 1 aliphatic heterocycles. The number of primary amides is 1. The number of hydrogen-bond donors (Lipinski definition) is 2. The summed E-state index contributed by atoms with van der Waals surface area (Å²) >= 11 is 0. The molecule has 26 heavy (non-hydrogen) atoms. The Labute approximate surface area is 153 Å². The number of nitrogens with one attached hydrogen (secondary N) is 1. The Balaban J connectivity index is 1.93. The monoisotopic (exact) mass is 365 g/mol. The van der Waals surface area contributed by atoms with Crippen LogP contribution in [0.15, 0.2) is 18.2 Å². The zero-order valence-electron chi connectivity index (χ0n) is 15.5. The number of nitrogens with two attached hydrogens (primary N) is 1. The van der Waals surface area contributed by atoms with Crippen LogP contribution < -0.4 is 20.5 Å². The normalized spacial score (nSPS) is 20.2. The number of rotatable bonds is 6. The second-order valence-electron chi connectivity index (χ2n) is 6.39. The van der Waals surface area contributed by atoms with E-state index in [0.717, 1.165) is 12.0 Å². The molecule has 0 radical (unpaired) electrons. The number of methoxy groups -OCH3 is 1. The molecule has 1 aromatic carbocycles. The number of ether oxygens (including phenoxy) is 3. The third kappa shape index (κ3) is 5.80. The Morgan fingerprint density at radius 1 is 1.31 bits per heavy atom. The standard InChI is InChI=1S/C18H27N3O5/c1-12-6-7-21(10-13(2)26-12)18(23)20-9-14-4-5-15(16(8-14)24-3)25-11-17(19)22/h4-5,8,12-13H,6-7,9-11H2,1-3H3,(H2,19,22)(H,20,23)/t12-,13+/m1/s1. The van der Waals surface area contributed by atoms with Crippen molar-refractivity contribution in [2.45, 2.75) is 39.0 Å². The number of carbonyl (C=O) groups excluding carboxylic acids is 2. The van der Waals surface area contributed by atoms with Crippen LogP contribution in [-0.2, 0) is 16.1 Å². The summed E-state index contributed by atoms with van der Waals surface area (Å²) in [5, 5.41) is 2.91. The fourth-order valence-electron chi connectivity index (χ4n) is 2.81. The summed E-state index contributed by atoms with van der Waals surface area (Å²) in [5.74, 6) is 0.339. The fraction of sp³-hybridized carbons (Fsp3) is 0.556. The van der Waals surface area contributed by atoms with Crippen molar-refractivity contribution in [1.29, 1.82) is 0 Å². The molecule has 1 fully saturated rings. The Morgan fingerprint density at radius 2 is 2.08 bits per heavy atom. The molecule has 1 heterocycles. The van der Waals surface area contributed by atoms with E-state index in [4.69, 9.17) is 19.9 Å². The molecule has 1 saturated heterocycles. The van der Waals surface area contributed by atoms with Crippen LogP contribution in [-0.4, -0.2) is 55.9 Å². The van der Waals surface area contributed by atoms with Gasteiger partial charge < -0.3 is 30.2 Å². The van der Waals surface area contributed by atoms with Gasteiger partial charge in [0.25, 0.3) is 5.91 Å². The van der Waals surface area contributed by atoms with E-state index in [9.17, 15) is 9.59 Å². The number of hydrogen-bond acceptors (Lipinski definition) is 5. The molecule has 3 N–H and O–H groups in total. The van der Waals surface area contributed by atoms with Crippen molar-refractivity contribution in [2.24, 2.45) is 5.73 Å². The topological polar surface area (TPSA) is 103 Å². The highest BCUT2D eigenvalue weighted by Gasteiger charge is 2.22. The van der Waals surface area contributed by atoms with Crippen molar-refractivity contribution < 1.29 is 23.8 Å². The third-order valence-electron chi connectivity index (χ3n) is 4.08. The summed E-state index contributed by atoms with van der Waals surface area (Å²) in [6, 6.07) is 5.12. The van der Waals surface area contributed by atoms with Gasteiger partial charge in [0.05, 0.1) is 19.3 Å². The van der Waals surface area contributed by atoms with Gasteiger partial charge in [-0.3, -0.25) is 4.79 Å². The van der Waals surface area contributed by atoms with E-state index in [1.165, 1.54) is 7.11 Å². The second-order valence-corrected chi connectivity index (χ2v) is 6.39.